The van der Waals surface area contributed by atoms with Gasteiger partial charge in [-0.3, -0.25) is 0 Å². The first-order chi connectivity index (χ1) is 8.65. The lowest BCUT2D eigenvalue weighted by molar-refractivity contribution is 0.108. The molecule has 0 aliphatic carbocycles. The fourth-order valence-corrected chi connectivity index (χ4v) is 1.62. The maximum absolute atomic E-state index is 9.91. The number of rotatable bonds is 4. The molecule has 0 fully saturated rings. The van der Waals surface area contributed by atoms with E-state index in [1.54, 1.807) is 36.4 Å². The largest absolute Gasteiger partial charge is 0.508 e. The van der Waals surface area contributed by atoms with Crippen LogP contribution in [0.25, 0.3) is 0 Å². The molecule has 1 atom stereocenters. The molecule has 2 aromatic carbocycles. The average molecular weight is 265 g/mol. The average Bonchev–Trinajstić information content (AvgIpc) is 2.38. The monoisotopic (exact) mass is 264 g/mol. The van der Waals surface area contributed by atoms with E-state index in [1.165, 1.54) is 12.1 Å². The number of halogens is 1. The Labute approximate surface area is 110 Å². The van der Waals surface area contributed by atoms with Gasteiger partial charge in [0.1, 0.15) is 24.2 Å². The summed E-state index contributed by atoms with van der Waals surface area (Å²) in [7, 11) is 0. The zero-order valence-corrected chi connectivity index (χ0v) is 10.3. The van der Waals surface area contributed by atoms with Crippen molar-refractivity contribution in [2.45, 2.75) is 6.10 Å². The smallest absolute Gasteiger partial charge is 0.119 e. The fraction of sp³-hybridized carbons (Fsp3) is 0.143. The second-order valence-corrected chi connectivity index (χ2v) is 4.31. The van der Waals surface area contributed by atoms with Crippen molar-refractivity contribution in [3.8, 4) is 11.5 Å². The van der Waals surface area contributed by atoms with Crippen LogP contribution in [-0.2, 0) is 0 Å². The van der Waals surface area contributed by atoms with E-state index < -0.39 is 6.10 Å². The topological polar surface area (TPSA) is 49.7 Å². The van der Waals surface area contributed by atoms with Gasteiger partial charge in [-0.05, 0) is 42.0 Å². The molecule has 2 rings (SSSR count). The highest BCUT2D eigenvalue weighted by Gasteiger charge is 2.08. The normalized spacial score (nSPS) is 12.1. The summed E-state index contributed by atoms with van der Waals surface area (Å²) in [4.78, 5) is 0. The number of aliphatic hydroxyl groups is 1. The molecule has 0 spiro atoms. The van der Waals surface area contributed by atoms with Gasteiger partial charge in [0.2, 0.25) is 0 Å². The van der Waals surface area contributed by atoms with Crippen molar-refractivity contribution in [1.29, 1.82) is 0 Å². The number of phenols is 1. The number of hydrogen-bond acceptors (Lipinski definition) is 3. The van der Waals surface area contributed by atoms with Crippen molar-refractivity contribution < 1.29 is 14.9 Å². The molecular weight excluding hydrogens is 252 g/mol. The predicted molar refractivity (Wildman–Crippen MR) is 70.0 cm³/mol. The minimum Gasteiger partial charge on any atom is -0.508 e. The molecular formula is C14H13ClO3. The zero-order valence-electron chi connectivity index (χ0n) is 9.58. The molecule has 0 bridgehead atoms. The van der Waals surface area contributed by atoms with Crippen LogP contribution >= 0.6 is 11.6 Å². The summed E-state index contributed by atoms with van der Waals surface area (Å²) in [5.41, 5.74) is 0.748. The number of aromatic hydroxyl groups is 1. The van der Waals surface area contributed by atoms with Crippen molar-refractivity contribution in [1.82, 2.24) is 0 Å². The lowest BCUT2D eigenvalue weighted by Gasteiger charge is -2.12. The molecule has 0 aliphatic heterocycles. The van der Waals surface area contributed by atoms with E-state index >= 15 is 0 Å². The van der Waals surface area contributed by atoms with E-state index in [9.17, 15) is 5.11 Å². The number of benzene rings is 2. The Morgan fingerprint density at radius 3 is 2.22 bits per heavy atom. The van der Waals surface area contributed by atoms with Crippen molar-refractivity contribution in [2.75, 3.05) is 6.61 Å². The molecule has 18 heavy (non-hydrogen) atoms. The summed E-state index contributed by atoms with van der Waals surface area (Å²) >= 11 is 5.77. The lowest BCUT2D eigenvalue weighted by atomic mass is 10.1. The van der Waals surface area contributed by atoms with E-state index in [0.29, 0.717) is 10.8 Å². The molecule has 94 valence electrons. The Morgan fingerprint density at radius 1 is 1.00 bits per heavy atom. The van der Waals surface area contributed by atoms with Gasteiger partial charge in [0.25, 0.3) is 0 Å². The van der Waals surface area contributed by atoms with E-state index in [-0.39, 0.29) is 12.4 Å². The minimum absolute atomic E-state index is 0.145. The van der Waals surface area contributed by atoms with Crippen molar-refractivity contribution >= 4 is 11.6 Å². The van der Waals surface area contributed by atoms with Gasteiger partial charge >= 0.3 is 0 Å². The number of aliphatic hydroxyl groups excluding tert-OH is 1. The number of ether oxygens (including phenoxy) is 1. The van der Waals surface area contributed by atoms with E-state index in [1.807, 2.05) is 0 Å². The van der Waals surface area contributed by atoms with Gasteiger partial charge < -0.3 is 14.9 Å². The zero-order chi connectivity index (χ0) is 13.0. The summed E-state index contributed by atoms with van der Waals surface area (Å²) in [6.45, 7) is 0.145. The van der Waals surface area contributed by atoms with Crippen LogP contribution in [0.4, 0.5) is 0 Å². The minimum atomic E-state index is -0.712. The summed E-state index contributed by atoms with van der Waals surface area (Å²) in [6, 6.07) is 13.3. The molecule has 0 heterocycles. The quantitative estimate of drug-likeness (QED) is 0.892. The molecule has 2 aromatic rings. The highest BCUT2D eigenvalue weighted by molar-refractivity contribution is 6.30. The molecule has 0 radical (unpaired) electrons. The maximum atomic E-state index is 9.91. The number of phenolic OH excluding ortho intramolecular Hbond substituents is 1. The van der Waals surface area contributed by atoms with Crippen molar-refractivity contribution in [3.63, 3.8) is 0 Å². The van der Waals surface area contributed by atoms with Crippen molar-refractivity contribution in [3.05, 3.63) is 59.1 Å². The molecule has 3 nitrogen and oxygen atoms in total. The molecule has 4 heteroatoms. The van der Waals surface area contributed by atoms with Crippen LogP contribution in [0.2, 0.25) is 5.02 Å². The second kappa shape index (κ2) is 5.76. The van der Waals surface area contributed by atoms with E-state index in [4.69, 9.17) is 21.4 Å². The fourth-order valence-electron chi connectivity index (χ4n) is 1.50. The van der Waals surface area contributed by atoms with Crippen LogP contribution in [0.15, 0.2) is 48.5 Å². The maximum Gasteiger partial charge on any atom is 0.119 e. The number of hydrogen-bond donors (Lipinski definition) is 2. The Bertz CT molecular complexity index is 493. The van der Waals surface area contributed by atoms with Crippen LogP contribution < -0.4 is 4.74 Å². The third-order valence-corrected chi connectivity index (χ3v) is 2.75. The molecule has 1 unspecified atom stereocenters. The van der Waals surface area contributed by atoms with Gasteiger partial charge in [-0.2, -0.15) is 0 Å². The van der Waals surface area contributed by atoms with Crippen LogP contribution in [0, 0.1) is 0 Å². The van der Waals surface area contributed by atoms with Gasteiger partial charge in [0, 0.05) is 5.02 Å². The Balaban J connectivity index is 1.93. The third kappa shape index (κ3) is 3.39. The first kappa shape index (κ1) is 12.7. The van der Waals surface area contributed by atoms with Gasteiger partial charge in [-0.25, -0.2) is 0 Å². The summed E-state index contributed by atoms with van der Waals surface area (Å²) in [5, 5.41) is 19.7. The van der Waals surface area contributed by atoms with Crippen LogP contribution in [0.5, 0.6) is 11.5 Å². The lowest BCUT2D eigenvalue weighted by Crippen LogP contribution is -2.09. The SMILES string of the molecule is Oc1ccc(OCC(O)c2ccc(Cl)cc2)cc1. The summed E-state index contributed by atoms with van der Waals surface area (Å²) < 4.78 is 5.41. The van der Waals surface area contributed by atoms with Crippen molar-refractivity contribution in [2.24, 2.45) is 0 Å². The van der Waals surface area contributed by atoms with E-state index in [0.717, 1.165) is 5.56 Å². The van der Waals surface area contributed by atoms with Gasteiger partial charge in [-0.15, -0.1) is 0 Å². The molecule has 0 saturated carbocycles. The van der Waals surface area contributed by atoms with Gasteiger partial charge in [0.05, 0.1) is 0 Å². The predicted octanol–water partition coefficient (Wildman–Crippen LogP) is 3.16. The van der Waals surface area contributed by atoms with Crippen LogP contribution in [0.3, 0.4) is 0 Å². The third-order valence-electron chi connectivity index (χ3n) is 2.50. The summed E-state index contributed by atoms with van der Waals surface area (Å²) in [5.74, 6) is 0.779. The van der Waals surface area contributed by atoms with Gasteiger partial charge in [0.15, 0.2) is 0 Å². The molecule has 0 aliphatic rings. The molecule has 2 N–H and O–H groups in total. The Morgan fingerprint density at radius 2 is 1.61 bits per heavy atom. The first-order valence-electron chi connectivity index (χ1n) is 5.50. The van der Waals surface area contributed by atoms with Crippen LogP contribution in [0.1, 0.15) is 11.7 Å². The Kier molecular flexibility index (Phi) is 4.07. The van der Waals surface area contributed by atoms with Crippen LogP contribution in [-0.4, -0.2) is 16.8 Å². The first-order valence-corrected chi connectivity index (χ1v) is 5.88. The standard InChI is InChI=1S/C14H13ClO3/c15-11-3-1-10(2-4-11)14(17)9-18-13-7-5-12(16)6-8-13/h1-8,14,16-17H,9H2. The highest BCUT2D eigenvalue weighted by atomic mass is 35.5. The molecule has 0 saturated heterocycles. The highest BCUT2D eigenvalue weighted by Crippen LogP contribution is 2.20. The molecule has 0 aromatic heterocycles. The second-order valence-electron chi connectivity index (χ2n) is 3.87. The molecule has 0 amide bonds. The summed E-state index contributed by atoms with van der Waals surface area (Å²) in [6.07, 6.45) is -0.712. The van der Waals surface area contributed by atoms with E-state index in [2.05, 4.69) is 0 Å². The van der Waals surface area contributed by atoms with Gasteiger partial charge in [-0.1, -0.05) is 23.7 Å². The Hall–Kier alpha value is -1.71.